The average Bonchev–Trinajstić information content (AvgIpc) is 3.88. The van der Waals surface area contributed by atoms with Crippen LogP contribution in [0.1, 0.15) is 0 Å². The molecule has 9 aromatic carbocycles. The molecular formula is C53H35N3O. The summed E-state index contributed by atoms with van der Waals surface area (Å²) >= 11 is 0. The molecule has 0 bridgehead atoms. The zero-order chi connectivity index (χ0) is 37.7. The van der Waals surface area contributed by atoms with Crippen molar-refractivity contribution in [2.75, 3.05) is 4.90 Å². The van der Waals surface area contributed by atoms with Gasteiger partial charge >= 0.3 is 0 Å². The van der Waals surface area contributed by atoms with Crippen LogP contribution in [0.5, 0.6) is 0 Å². The molecule has 268 valence electrons. The third kappa shape index (κ3) is 5.66. The molecule has 0 unspecified atom stereocenters. The number of benzene rings is 9. The summed E-state index contributed by atoms with van der Waals surface area (Å²) in [6.07, 6.45) is 0. The number of hydrogen-bond acceptors (Lipinski definition) is 3. The number of rotatable bonds is 7. The summed E-state index contributed by atoms with van der Waals surface area (Å²) in [4.78, 5) is 7.29. The fraction of sp³-hybridized carbons (Fsp3) is 0. The monoisotopic (exact) mass is 729 g/mol. The van der Waals surface area contributed by atoms with Crippen molar-refractivity contribution < 1.29 is 4.42 Å². The van der Waals surface area contributed by atoms with Crippen LogP contribution in [0.2, 0.25) is 0 Å². The summed E-state index contributed by atoms with van der Waals surface area (Å²) in [6.45, 7) is 0. The maximum atomic E-state index is 6.21. The molecule has 0 aliphatic heterocycles. The number of nitrogens with zero attached hydrogens (tertiary/aromatic N) is 3. The molecule has 0 saturated heterocycles. The van der Waals surface area contributed by atoms with Gasteiger partial charge in [0, 0.05) is 44.5 Å². The summed E-state index contributed by atoms with van der Waals surface area (Å²) in [7, 11) is 0. The zero-order valence-electron chi connectivity index (χ0n) is 31.0. The highest BCUT2D eigenvalue weighted by Gasteiger charge is 2.17. The van der Waals surface area contributed by atoms with E-state index in [1.807, 2.05) is 36.4 Å². The van der Waals surface area contributed by atoms with E-state index in [9.17, 15) is 0 Å². The second kappa shape index (κ2) is 13.6. The van der Waals surface area contributed by atoms with E-state index in [1.54, 1.807) is 0 Å². The Hall–Kier alpha value is -7.69. The van der Waals surface area contributed by atoms with E-state index in [0.29, 0.717) is 5.89 Å². The van der Waals surface area contributed by atoms with Gasteiger partial charge in [-0.3, -0.25) is 0 Å². The minimum Gasteiger partial charge on any atom is -0.436 e. The Labute approximate surface area is 330 Å². The molecule has 11 aromatic rings. The van der Waals surface area contributed by atoms with E-state index in [-0.39, 0.29) is 0 Å². The molecule has 0 aliphatic rings. The van der Waals surface area contributed by atoms with Crippen molar-refractivity contribution in [1.82, 2.24) is 9.55 Å². The van der Waals surface area contributed by atoms with E-state index in [1.165, 1.54) is 32.9 Å². The number of anilines is 3. The van der Waals surface area contributed by atoms with E-state index < -0.39 is 0 Å². The van der Waals surface area contributed by atoms with Crippen molar-refractivity contribution in [3.05, 3.63) is 212 Å². The molecule has 0 spiro atoms. The first-order valence-electron chi connectivity index (χ1n) is 19.3. The first kappa shape index (κ1) is 32.7. The van der Waals surface area contributed by atoms with Gasteiger partial charge in [-0.05, 0) is 113 Å². The largest absolute Gasteiger partial charge is 0.436 e. The summed E-state index contributed by atoms with van der Waals surface area (Å²) in [5, 5.41) is 4.72. The Morgan fingerprint density at radius 3 is 1.51 bits per heavy atom. The Morgan fingerprint density at radius 2 is 0.877 bits per heavy atom. The van der Waals surface area contributed by atoms with Crippen molar-refractivity contribution in [2.24, 2.45) is 0 Å². The van der Waals surface area contributed by atoms with Crippen LogP contribution in [0.4, 0.5) is 17.1 Å². The highest BCUT2D eigenvalue weighted by Crippen LogP contribution is 2.40. The summed E-state index contributed by atoms with van der Waals surface area (Å²) in [5.41, 5.74) is 14.0. The topological polar surface area (TPSA) is 34.2 Å². The van der Waals surface area contributed by atoms with Crippen molar-refractivity contribution in [2.45, 2.75) is 0 Å². The van der Waals surface area contributed by atoms with Gasteiger partial charge in [-0.1, -0.05) is 127 Å². The van der Waals surface area contributed by atoms with E-state index in [0.717, 1.165) is 61.3 Å². The molecule has 0 radical (unpaired) electrons. The second-order valence-electron chi connectivity index (χ2n) is 14.4. The summed E-state index contributed by atoms with van der Waals surface area (Å²) < 4.78 is 8.58. The Balaban J connectivity index is 0.992. The fourth-order valence-corrected chi connectivity index (χ4v) is 8.33. The summed E-state index contributed by atoms with van der Waals surface area (Å²) in [6, 6.07) is 75.2. The molecule has 0 N–H and O–H groups in total. The lowest BCUT2D eigenvalue weighted by Gasteiger charge is -2.26. The lowest BCUT2D eigenvalue weighted by molar-refractivity contribution is 0.620. The standard InChI is InChI=1S/C53H35N3O/c1-3-12-36(13-4-1)37-22-26-40(27-23-37)55(42-30-32-43(33-31-42)56-49-20-9-7-16-46(49)47-17-8-10-21-50(47)56)41-28-24-38(25-29-41)44-18-11-19-48-45(44)34-35-51-52(48)54-53(57-51)39-14-5-2-6-15-39/h1-35H. The van der Waals surface area contributed by atoms with Crippen LogP contribution in [-0.4, -0.2) is 9.55 Å². The average molecular weight is 730 g/mol. The van der Waals surface area contributed by atoms with Crippen LogP contribution in [0, 0.1) is 0 Å². The predicted molar refractivity (Wildman–Crippen MR) is 237 cm³/mol. The van der Waals surface area contributed by atoms with Gasteiger partial charge in [-0.25, -0.2) is 4.98 Å². The Bertz CT molecular complexity index is 3150. The lowest BCUT2D eigenvalue weighted by atomic mass is 9.97. The van der Waals surface area contributed by atoms with Crippen LogP contribution < -0.4 is 4.90 Å². The molecule has 2 heterocycles. The minimum atomic E-state index is 0.632. The maximum Gasteiger partial charge on any atom is 0.227 e. The summed E-state index contributed by atoms with van der Waals surface area (Å²) in [5.74, 6) is 0.632. The second-order valence-corrected chi connectivity index (χ2v) is 14.4. The van der Waals surface area contributed by atoms with Crippen molar-refractivity contribution in [1.29, 1.82) is 0 Å². The van der Waals surface area contributed by atoms with Crippen LogP contribution in [-0.2, 0) is 0 Å². The Kier molecular flexibility index (Phi) is 7.78. The third-order valence-corrected chi connectivity index (χ3v) is 11.1. The molecule has 0 fully saturated rings. The van der Waals surface area contributed by atoms with E-state index in [2.05, 4.69) is 185 Å². The number of fused-ring (bicyclic) bond motifs is 6. The van der Waals surface area contributed by atoms with Crippen molar-refractivity contribution >= 4 is 60.7 Å². The molecule has 57 heavy (non-hydrogen) atoms. The highest BCUT2D eigenvalue weighted by molar-refractivity contribution is 6.10. The predicted octanol–water partition coefficient (Wildman–Crippen LogP) is 14.5. The minimum absolute atomic E-state index is 0.632. The molecule has 4 nitrogen and oxygen atoms in total. The van der Waals surface area contributed by atoms with Gasteiger partial charge in [-0.2, -0.15) is 0 Å². The molecule has 2 aromatic heterocycles. The third-order valence-electron chi connectivity index (χ3n) is 11.1. The molecule has 0 atom stereocenters. The fourth-order valence-electron chi connectivity index (χ4n) is 8.33. The SMILES string of the molecule is c1ccc(-c2ccc(N(c3ccc(-c4cccc5c4ccc4oc(-c6ccccc6)nc45)cc3)c3ccc(-n4c5ccccc5c5ccccc54)cc3)cc2)cc1. The van der Waals surface area contributed by atoms with Crippen LogP contribution in [0.15, 0.2) is 217 Å². The van der Waals surface area contributed by atoms with Crippen molar-refractivity contribution in [3.63, 3.8) is 0 Å². The van der Waals surface area contributed by atoms with Crippen LogP contribution in [0.3, 0.4) is 0 Å². The molecule has 0 saturated carbocycles. The first-order chi connectivity index (χ1) is 28.3. The van der Waals surface area contributed by atoms with Gasteiger partial charge in [0.25, 0.3) is 0 Å². The maximum absolute atomic E-state index is 6.21. The van der Waals surface area contributed by atoms with Crippen molar-refractivity contribution in [3.8, 4) is 39.4 Å². The van der Waals surface area contributed by atoms with Gasteiger partial charge in [0.05, 0.1) is 11.0 Å². The van der Waals surface area contributed by atoms with Crippen LogP contribution in [0.25, 0.3) is 83.1 Å². The number of oxazole rings is 1. The van der Waals surface area contributed by atoms with E-state index in [4.69, 9.17) is 9.40 Å². The molecule has 4 heteroatoms. The van der Waals surface area contributed by atoms with Gasteiger partial charge in [0.1, 0.15) is 5.52 Å². The zero-order valence-corrected chi connectivity index (χ0v) is 31.0. The van der Waals surface area contributed by atoms with Gasteiger partial charge in [-0.15, -0.1) is 0 Å². The first-order valence-corrected chi connectivity index (χ1v) is 19.3. The highest BCUT2D eigenvalue weighted by atomic mass is 16.3. The number of hydrogen-bond donors (Lipinski definition) is 0. The normalized spacial score (nSPS) is 11.5. The molecular weight excluding hydrogens is 695 g/mol. The molecule has 11 rings (SSSR count). The van der Waals surface area contributed by atoms with Gasteiger partial charge < -0.3 is 13.9 Å². The quantitative estimate of drug-likeness (QED) is 0.164. The number of para-hydroxylation sites is 2. The van der Waals surface area contributed by atoms with Crippen LogP contribution >= 0.6 is 0 Å². The van der Waals surface area contributed by atoms with Gasteiger partial charge in [0.15, 0.2) is 5.58 Å². The lowest BCUT2D eigenvalue weighted by Crippen LogP contribution is -2.10. The number of aromatic nitrogens is 2. The molecule has 0 amide bonds. The molecule has 0 aliphatic carbocycles. The smallest absolute Gasteiger partial charge is 0.227 e. The Morgan fingerprint density at radius 1 is 0.368 bits per heavy atom. The van der Waals surface area contributed by atoms with E-state index >= 15 is 0 Å². The van der Waals surface area contributed by atoms with Gasteiger partial charge in [0.2, 0.25) is 5.89 Å².